The molecule has 1 aliphatic rings. The van der Waals surface area contributed by atoms with Crippen LogP contribution in [-0.2, 0) is 24.0 Å². The Balaban J connectivity index is 1.77. The maximum absolute atomic E-state index is 14.2. The predicted molar refractivity (Wildman–Crippen MR) is 84.4 cm³/mol. The number of para-hydroxylation sites is 1. The van der Waals surface area contributed by atoms with Gasteiger partial charge in [-0.1, -0.05) is 17.3 Å². The molecule has 2 aromatic heterocycles. The molecule has 0 unspecified atom stereocenters. The summed E-state index contributed by atoms with van der Waals surface area (Å²) < 4.78 is 26.2. The molecule has 7 heteroatoms. The van der Waals surface area contributed by atoms with E-state index in [0.717, 1.165) is 30.5 Å². The van der Waals surface area contributed by atoms with E-state index in [-0.39, 0.29) is 5.82 Å². The van der Waals surface area contributed by atoms with Crippen LogP contribution in [0.2, 0.25) is 0 Å². The Kier molecular flexibility index (Phi) is 3.86. The van der Waals surface area contributed by atoms with E-state index in [1.165, 1.54) is 6.07 Å². The van der Waals surface area contributed by atoms with Gasteiger partial charge in [-0.05, 0) is 31.4 Å². The highest BCUT2D eigenvalue weighted by Gasteiger charge is 2.27. The highest BCUT2D eigenvalue weighted by molar-refractivity contribution is 5.58. The Bertz CT molecular complexity index is 871. The average molecular weight is 328 g/mol. The van der Waals surface area contributed by atoms with Gasteiger partial charge in [0.25, 0.3) is 5.89 Å². The highest BCUT2D eigenvalue weighted by atomic mass is 19.1. The molecule has 0 spiro atoms. The first-order chi connectivity index (χ1) is 11.8. The van der Waals surface area contributed by atoms with E-state index in [2.05, 4.69) is 15.2 Å². The van der Waals surface area contributed by atoms with Gasteiger partial charge in [-0.25, -0.2) is 9.07 Å². The van der Waals surface area contributed by atoms with Crippen molar-refractivity contribution >= 4 is 0 Å². The third kappa shape index (κ3) is 2.50. The minimum atomic E-state index is -0.299. The Morgan fingerprint density at radius 3 is 3.00 bits per heavy atom. The van der Waals surface area contributed by atoms with Crippen molar-refractivity contribution in [2.45, 2.75) is 25.7 Å². The molecule has 24 heavy (non-hydrogen) atoms. The largest absolute Gasteiger partial charge is 0.384 e. The number of ether oxygens (including phenoxy) is 1. The summed E-state index contributed by atoms with van der Waals surface area (Å²) in [6, 6.07) is 6.64. The van der Waals surface area contributed by atoms with Gasteiger partial charge in [-0.2, -0.15) is 10.1 Å². The highest BCUT2D eigenvalue weighted by Crippen LogP contribution is 2.33. The molecule has 4 rings (SSSR count). The number of halogens is 1. The van der Waals surface area contributed by atoms with Crippen LogP contribution >= 0.6 is 0 Å². The summed E-state index contributed by atoms with van der Waals surface area (Å²) in [5, 5.41) is 8.54. The van der Waals surface area contributed by atoms with Gasteiger partial charge in [-0.3, -0.25) is 0 Å². The lowest BCUT2D eigenvalue weighted by atomic mass is 10.2. The number of fused-ring (bicyclic) bond motifs is 1. The van der Waals surface area contributed by atoms with Crippen LogP contribution in [-0.4, -0.2) is 33.6 Å². The molecule has 1 aliphatic carbocycles. The van der Waals surface area contributed by atoms with E-state index in [4.69, 9.17) is 9.26 Å². The van der Waals surface area contributed by atoms with Crippen LogP contribution in [0.25, 0.3) is 17.3 Å². The van der Waals surface area contributed by atoms with Crippen molar-refractivity contribution in [2.24, 2.45) is 0 Å². The van der Waals surface area contributed by atoms with Gasteiger partial charge in [0.15, 0.2) is 11.5 Å². The van der Waals surface area contributed by atoms with Gasteiger partial charge in [0, 0.05) is 24.8 Å². The molecule has 0 bridgehead atoms. The zero-order chi connectivity index (χ0) is 16.5. The molecule has 0 saturated heterocycles. The van der Waals surface area contributed by atoms with Crippen LogP contribution in [0.5, 0.6) is 0 Å². The van der Waals surface area contributed by atoms with Crippen LogP contribution in [0.15, 0.2) is 28.8 Å². The fourth-order valence-corrected chi connectivity index (χ4v) is 3.08. The number of methoxy groups -OCH3 is 1. The van der Waals surface area contributed by atoms with Gasteiger partial charge in [-0.15, -0.1) is 0 Å². The fraction of sp³-hybridized carbons (Fsp3) is 0.353. The maximum Gasteiger partial charge on any atom is 0.278 e. The van der Waals surface area contributed by atoms with Crippen molar-refractivity contribution in [2.75, 3.05) is 13.7 Å². The molecule has 1 aromatic carbocycles. The molecule has 0 radical (unpaired) electrons. The molecule has 0 fully saturated rings. The normalized spacial score (nSPS) is 13.4. The first-order valence-electron chi connectivity index (χ1n) is 7.95. The van der Waals surface area contributed by atoms with Crippen molar-refractivity contribution in [3.63, 3.8) is 0 Å². The third-order valence-electron chi connectivity index (χ3n) is 4.21. The summed E-state index contributed by atoms with van der Waals surface area (Å²) >= 11 is 0. The summed E-state index contributed by atoms with van der Waals surface area (Å²) in [5.41, 5.74) is 3.19. The molecule has 6 nitrogen and oxygen atoms in total. The molecule has 0 amide bonds. The van der Waals surface area contributed by atoms with Gasteiger partial charge >= 0.3 is 0 Å². The van der Waals surface area contributed by atoms with Crippen molar-refractivity contribution in [3.8, 4) is 17.3 Å². The van der Waals surface area contributed by atoms with Crippen molar-refractivity contribution < 1.29 is 13.7 Å². The number of hydrogen-bond acceptors (Lipinski definition) is 5. The third-order valence-corrected chi connectivity index (χ3v) is 4.21. The van der Waals surface area contributed by atoms with E-state index in [1.54, 1.807) is 30.0 Å². The lowest BCUT2D eigenvalue weighted by Crippen LogP contribution is -2.03. The number of rotatable bonds is 5. The van der Waals surface area contributed by atoms with Crippen LogP contribution in [0, 0.1) is 5.82 Å². The second-order valence-electron chi connectivity index (χ2n) is 5.75. The summed E-state index contributed by atoms with van der Waals surface area (Å²) in [6.07, 6.45) is 3.34. The first-order valence-corrected chi connectivity index (χ1v) is 7.95. The SMILES string of the molecule is COCCc1noc(-c2nn(-c3ccccc3F)c3c2CCC3)n1. The van der Waals surface area contributed by atoms with Crippen LogP contribution < -0.4 is 0 Å². The molecule has 2 heterocycles. The molecule has 0 saturated carbocycles. The van der Waals surface area contributed by atoms with E-state index in [9.17, 15) is 4.39 Å². The number of hydrogen-bond donors (Lipinski definition) is 0. The number of nitrogens with zero attached hydrogens (tertiary/aromatic N) is 4. The fourth-order valence-electron chi connectivity index (χ4n) is 3.08. The Morgan fingerprint density at radius 1 is 1.29 bits per heavy atom. The predicted octanol–water partition coefficient (Wildman–Crippen LogP) is 2.74. The van der Waals surface area contributed by atoms with Gasteiger partial charge in [0.1, 0.15) is 11.5 Å². The van der Waals surface area contributed by atoms with Gasteiger partial charge in [0.2, 0.25) is 0 Å². The van der Waals surface area contributed by atoms with Crippen molar-refractivity contribution in [1.29, 1.82) is 0 Å². The van der Waals surface area contributed by atoms with Crippen LogP contribution in [0.4, 0.5) is 4.39 Å². The second-order valence-corrected chi connectivity index (χ2v) is 5.75. The minimum Gasteiger partial charge on any atom is -0.384 e. The second kappa shape index (κ2) is 6.16. The number of aromatic nitrogens is 4. The minimum absolute atomic E-state index is 0.299. The van der Waals surface area contributed by atoms with Crippen LogP contribution in [0.3, 0.4) is 0 Å². The molecule has 0 atom stereocenters. The first kappa shape index (κ1) is 15.0. The average Bonchev–Trinajstić information content (AvgIpc) is 3.30. The topological polar surface area (TPSA) is 66.0 Å². The zero-order valence-corrected chi connectivity index (χ0v) is 13.3. The summed E-state index contributed by atoms with van der Waals surface area (Å²) in [4.78, 5) is 4.40. The van der Waals surface area contributed by atoms with Gasteiger partial charge < -0.3 is 9.26 Å². The molecule has 124 valence electrons. The van der Waals surface area contributed by atoms with E-state index >= 15 is 0 Å². The summed E-state index contributed by atoms with van der Waals surface area (Å²) in [7, 11) is 1.63. The van der Waals surface area contributed by atoms with Crippen molar-refractivity contribution in [1.82, 2.24) is 19.9 Å². The zero-order valence-electron chi connectivity index (χ0n) is 13.3. The Hall–Kier alpha value is -2.54. The van der Waals surface area contributed by atoms with E-state index < -0.39 is 0 Å². The Labute approximate surface area is 138 Å². The molecular formula is C17H17FN4O2. The summed E-state index contributed by atoms with van der Waals surface area (Å²) in [5.74, 6) is 0.668. The van der Waals surface area contributed by atoms with Crippen molar-refractivity contribution in [3.05, 3.63) is 47.2 Å². The smallest absolute Gasteiger partial charge is 0.278 e. The molecule has 0 N–H and O–H groups in total. The van der Waals surface area contributed by atoms with Crippen LogP contribution in [0.1, 0.15) is 23.5 Å². The monoisotopic (exact) mass is 328 g/mol. The molecule has 3 aromatic rings. The standard InChI is InChI=1S/C17H17FN4O2/c1-23-10-9-15-19-17(24-21-15)16-11-5-4-8-13(11)22(20-16)14-7-3-2-6-12(14)18/h2-3,6-7H,4-5,8-10H2,1H3. The summed E-state index contributed by atoms with van der Waals surface area (Å²) in [6.45, 7) is 0.529. The molecule has 0 aliphatic heterocycles. The maximum atomic E-state index is 14.2. The lowest BCUT2D eigenvalue weighted by molar-refractivity contribution is 0.199. The quantitative estimate of drug-likeness (QED) is 0.720. The Morgan fingerprint density at radius 2 is 2.17 bits per heavy atom. The molecular weight excluding hydrogens is 311 g/mol. The van der Waals surface area contributed by atoms with Gasteiger partial charge in [0.05, 0.1) is 6.61 Å². The van der Waals surface area contributed by atoms with E-state index in [0.29, 0.717) is 36.1 Å². The van der Waals surface area contributed by atoms with E-state index in [1.807, 2.05) is 0 Å². The lowest BCUT2D eigenvalue weighted by Gasteiger charge is -2.06. The number of benzene rings is 1.